The summed E-state index contributed by atoms with van der Waals surface area (Å²) in [7, 11) is 0. The summed E-state index contributed by atoms with van der Waals surface area (Å²) < 4.78 is 37.2. The van der Waals surface area contributed by atoms with E-state index in [1.54, 1.807) is 18.6 Å². The third-order valence-electron chi connectivity index (χ3n) is 3.23. The normalized spacial score (nSPS) is 12.9. The molecule has 2 aromatic rings. The van der Waals surface area contributed by atoms with Crippen LogP contribution in [0.15, 0.2) is 36.9 Å². The molecule has 2 rings (SSSR count). The number of aromatic nitrogens is 3. The van der Waals surface area contributed by atoms with Gasteiger partial charge in [-0.15, -0.1) is 0 Å². The van der Waals surface area contributed by atoms with E-state index in [4.69, 9.17) is 0 Å². The van der Waals surface area contributed by atoms with Gasteiger partial charge in [-0.2, -0.15) is 13.2 Å². The van der Waals surface area contributed by atoms with Crippen LogP contribution in [0.3, 0.4) is 0 Å². The summed E-state index contributed by atoms with van der Waals surface area (Å²) in [4.78, 5) is 12.0. The van der Waals surface area contributed by atoms with Gasteiger partial charge in [0, 0.05) is 37.4 Å². The fourth-order valence-electron chi connectivity index (χ4n) is 1.93. The van der Waals surface area contributed by atoms with Crippen molar-refractivity contribution in [2.45, 2.75) is 25.6 Å². The third-order valence-corrected chi connectivity index (χ3v) is 3.23. The van der Waals surface area contributed by atoms with Crippen LogP contribution < -0.4 is 10.6 Å². The fourth-order valence-corrected chi connectivity index (χ4v) is 1.93. The van der Waals surface area contributed by atoms with Gasteiger partial charge in [-0.25, -0.2) is 4.98 Å². The molecule has 0 saturated carbocycles. The largest absolute Gasteiger partial charge is 0.417 e. The molecule has 2 N–H and O–H groups in total. The zero-order valence-corrected chi connectivity index (χ0v) is 12.6. The van der Waals surface area contributed by atoms with Crippen LogP contribution >= 0.6 is 0 Å². The number of halogens is 3. The van der Waals surface area contributed by atoms with Crippen LogP contribution in [0.25, 0.3) is 0 Å². The number of alkyl halides is 3. The topological polar surface area (TPSA) is 62.7 Å². The van der Waals surface area contributed by atoms with Gasteiger partial charge in [-0.1, -0.05) is 0 Å². The van der Waals surface area contributed by atoms with Crippen molar-refractivity contribution in [1.82, 2.24) is 20.3 Å². The van der Waals surface area contributed by atoms with Crippen molar-refractivity contribution in [3.63, 3.8) is 0 Å². The van der Waals surface area contributed by atoms with Crippen molar-refractivity contribution in [2.75, 3.05) is 18.4 Å². The van der Waals surface area contributed by atoms with E-state index >= 15 is 0 Å². The molecule has 23 heavy (non-hydrogen) atoms. The molecule has 0 unspecified atom stereocenters. The number of nitrogens with zero attached hydrogens (tertiary/aromatic N) is 3. The lowest BCUT2D eigenvalue weighted by Crippen LogP contribution is -2.22. The van der Waals surface area contributed by atoms with Crippen molar-refractivity contribution in [3.8, 4) is 0 Å². The molecule has 124 valence electrons. The van der Waals surface area contributed by atoms with E-state index in [9.17, 15) is 13.2 Å². The minimum atomic E-state index is -4.36. The Hall–Kier alpha value is -2.22. The highest BCUT2D eigenvalue weighted by Crippen LogP contribution is 2.28. The van der Waals surface area contributed by atoms with E-state index in [0.29, 0.717) is 12.4 Å². The molecule has 0 amide bonds. The molecule has 0 radical (unpaired) electrons. The highest BCUT2D eigenvalue weighted by atomic mass is 19.4. The maximum Gasteiger partial charge on any atom is 0.417 e. The second kappa shape index (κ2) is 7.87. The molecular weight excluding hydrogens is 307 g/mol. The van der Waals surface area contributed by atoms with Crippen LogP contribution in [0.5, 0.6) is 0 Å². The van der Waals surface area contributed by atoms with Crippen molar-refractivity contribution >= 4 is 5.82 Å². The van der Waals surface area contributed by atoms with E-state index < -0.39 is 11.7 Å². The SMILES string of the molecule is C[C@@H](NCCCNc1ccc(C(F)(F)F)cn1)c1cnccn1. The van der Waals surface area contributed by atoms with Gasteiger partial charge in [0.05, 0.1) is 11.3 Å². The number of pyridine rings is 1. The van der Waals surface area contributed by atoms with Crippen molar-refractivity contribution in [3.05, 3.63) is 48.2 Å². The minimum absolute atomic E-state index is 0.0906. The Morgan fingerprint density at radius 3 is 2.52 bits per heavy atom. The maximum absolute atomic E-state index is 12.4. The first-order valence-electron chi connectivity index (χ1n) is 7.23. The summed E-state index contributed by atoms with van der Waals surface area (Å²) in [6.07, 6.45) is 2.25. The first kappa shape index (κ1) is 17.1. The molecule has 0 fully saturated rings. The second-order valence-electron chi connectivity index (χ2n) is 5.02. The number of anilines is 1. The van der Waals surface area contributed by atoms with Gasteiger partial charge in [0.2, 0.25) is 0 Å². The summed E-state index contributed by atoms with van der Waals surface area (Å²) in [5.74, 6) is 0.431. The fraction of sp³-hybridized carbons (Fsp3) is 0.400. The van der Waals surface area contributed by atoms with E-state index in [0.717, 1.165) is 30.9 Å². The molecule has 0 saturated heterocycles. The van der Waals surface area contributed by atoms with E-state index in [2.05, 4.69) is 25.6 Å². The lowest BCUT2D eigenvalue weighted by atomic mass is 10.2. The van der Waals surface area contributed by atoms with E-state index in [1.165, 1.54) is 6.07 Å². The van der Waals surface area contributed by atoms with Crippen LogP contribution in [0.1, 0.15) is 30.6 Å². The lowest BCUT2D eigenvalue weighted by Gasteiger charge is -2.13. The number of hydrogen-bond acceptors (Lipinski definition) is 5. The summed E-state index contributed by atoms with van der Waals surface area (Å²) in [6.45, 7) is 3.35. The standard InChI is InChI=1S/C15H18F3N5/c1-11(13-10-19-7-8-21-13)20-5-2-6-22-14-4-3-12(9-23-14)15(16,17)18/h3-4,7-11,20H,2,5-6H2,1H3,(H,22,23)/t11-/m1/s1. The molecule has 0 spiro atoms. The highest BCUT2D eigenvalue weighted by molar-refractivity contribution is 5.35. The molecule has 0 aliphatic heterocycles. The van der Waals surface area contributed by atoms with Gasteiger partial charge in [0.25, 0.3) is 0 Å². The molecule has 1 atom stereocenters. The predicted molar refractivity (Wildman–Crippen MR) is 80.8 cm³/mol. The second-order valence-corrected chi connectivity index (χ2v) is 5.02. The van der Waals surface area contributed by atoms with Crippen LogP contribution in [-0.2, 0) is 6.18 Å². The summed E-state index contributed by atoms with van der Waals surface area (Å²) in [5, 5.41) is 6.29. The highest BCUT2D eigenvalue weighted by Gasteiger charge is 2.30. The van der Waals surface area contributed by atoms with E-state index in [-0.39, 0.29) is 6.04 Å². The Morgan fingerprint density at radius 2 is 1.91 bits per heavy atom. The van der Waals surface area contributed by atoms with Crippen molar-refractivity contribution < 1.29 is 13.2 Å². The molecule has 0 aromatic carbocycles. The molecule has 0 aliphatic carbocycles. The van der Waals surface area contributed by atoms with Gasteiger partial charge in [-0.05, 0) is 32.0 Å². The molecule has 0 aliphatic rings. The first-order valence-corrected chi connectivity index (χ1v) is 7.23. The molecule has 5 nitrogen and oxygen atoms in total. The summed E-state index contributed by atoms with van der Waals surface area (Å²) in [6, 6.07) is 2.44. The number of nitrogens with one attached hydrogen (secondary N) is 2. The van der Waals surface area contributed by atoms with Gasteiger partial charge in [0.15, 0.2) is 0 Å². The molecule has 2 heterocycles. The monoisotopic (exact) mass is 325 g/mol. The maximum atomic E-state index is 12.4. The zero-order chi connectivity index (χ0) is 16.7. The average molecular weight is 325 g/mol. The Balaban J connectivity index is 1.68. The summed E-state index contributed by atoms with van der Waals surface area (Å²) in [5.41, 5.74) is 0.118. The van der Waals surface area contributed by atoms with Crippen LogP contribution in [-0.4, -0.2) is 28.0 Å². The zero-order valence-electron chi connectivity index (χ0n) is 12.6. The van der Waals surface area contributed by atoms with Gasteiger partial charge >= 0.3 is 6.18 Å². The molecular formula is C15H18F3N5. The van der Waals surface area contributed by atoms with Gasteiger partial charge in [-0.3, -0.25) is 9.97 Å². The Bertz CT molecular complexity index is 586. The number of hydrogen-bond donors (Lipinski definition) is 2. The predicted octanol–water partition coefficient (Wildman–Crippen LogP) is 3.04. The lowest BCUT2D eigenvalue weighted by molar-refractivity contribution is -0.137. The van der Waals surface area contributed by atoms with Gasteiger partial charge < -0.3 is 10.6 Å². The van der Waals surface area contributed by atoms with E-state index in [1.807, 2.05) is 6.92 Å². The smallest absolute Gasteiger partial charge is 0.370 e. The Labute approximate surface area is 132 Å². The van der Waals surface area contributed by atoms with Crippen molar-refractivity contribution in [2.24, 2.45) is 0 Å². The first-order chi connectivity index (χ1) is 11.0. The molecule has 0 bridgehead atoms. The molecule has 2 aromatic heterocycles. The van der Waals surface area contributed by atoms with Crippen LogP contribution in [0.2, 0.25) is 0 Å². The number of rotatable bonds is 7. The average Bonchev–Trinajstić information content (AvgIpc) is 2.55. The minimum Gasteiger partial charge on any atom is -0.370 e. The summed E-state index contributed by atoms with van der Waals surface area (Å²) >= 11 is 0. The Kier molecular flexibility index (Phi) is 5.86. The van der Waals surface area contributed by atoms with Crippen LogP contribution in [0, 0.1) is 0 Å². The van der Waals surface area contributed by atoms with Gasteiger partial charge in [0.1, 0.15) is 5.82 Å². The van der Waals surface area contributed by atoms with Crippen molar-refractivity contribution in [1.29, 1.82) is 0 Å². The quantitative estimate of drug-likeness (QED) is 0.766. The Morgan fingerprint density at radius 1 is 1.09 bits per heavy atom. The third kappa shape index (κ3) is 5.48. The van der Waals surface area contributed by atoms with Crippen LogP contribution in [0.4, 0.5) is 19.0 Å². The molecule has 8 heteroatoms.